The van der Waals surface area contributed by atoms with Crippen LogP contribution in [0.25, 0.3) is 12.2 Å². The number of benzene rings is 2. The molecular weight excluding hydrogens is 432 g/mol. The van der Waals surface area contributed by atoms with Gasteiger partial charge in [0.15, 0.2) is 0 Å². The van der Waals surface area contributed by atoms with E-state index in [4.69, 9.17) is 4.42 Å². The molecule has 2 heterocycles. The summed E-state index contributed by atoms with van der Waals surface area (Å²) in [5.74, 6) is 1.63. The smallest absolute Gasteiger partial charge is 0.243 e. The molecule has 5 nitrogen and oxygen atoms in total. The van der Waals surface area contributed by atoms with Gasteiger partial charge >= 0.3 is 0 Å². The summed E-state index contributed by atoms with van der Waals surface area (Å²) in [5, 5.41) is 0. The highest BCUT2D eigenvalue weighted by atomic mass is 35.5. The lowest BCUT2D eigenvalue weighted by atomic mass is 10.1. The third kappa shape index (κ3) is 5.46. The summed E-state index contributed by atoms with van der Waals surface area (Å²) in [6.07, 6.45) is 4.66. The Balaban J connectivity index is 0.00000272. The molecular formula is C24H27ClN2O3S. The van der Waals surface area contributed by atoms with Gasteiger partial charge in [0.1, 0.15) is 11.5 Å². The first kappa shape index (κ1) is 23.3. The normalized spacial score (nSPS) is 14.5. The predicted octanol–water partition coefficient (Wildman–Crippen LogP) is 4.68. The number of sulfonamides is 1. The summed E-state index contributed by atoms with van der Waals surface area (Å²) in [6.45, 7) is 1.45. The van der Waals surface area contributed by atoms with Crippen molar-refractivity contribution in [1.82, 2.24) is 9.21 Å². The topological polar surface area (TPSA) is 53.8 Å². The van der Waals surface area contributed by atoms with E-state index in [0.717, 1.165) is 28.2 Å². The zero-order valence-electron chi connectivity index (χ0n) is 17.7. The van der Waals surface area contributed by atoms with Crippen molar-refractivity contribution in [1.29, 1.82) is 0 Å². The maximum absolute atomic E-state index is 13.1. The van der Waals surface area contributed by atoms with Gasteiger partial charge in [0.05, 0.1) is 18.0 Å². The van der Waals surface area contributed by atoms with Gasteiger partial charge in [-0.2, -0.15) is 4.31 Å². The van der Waals surface area contributed by atoms with Crippen LogP contribution in [0.1, 0.15) is 28.2 Å². The fourth-order valence-electron chi connectivity index (χ4n) is 3.61. The molecule has 0 saturated heterocycles. The molecule has 0 spiro atoms. The van der Waals surface area contributed by atoms with E-state index in [2.05, 4.69) is 0 Å². The zero-order valence-corrected chi connectivity index (χ0v) is 19.3. The second-order valence-electron chi connectivity index (χ2n) is 7.80. The van der Waals surface area contributed by atoms with Crippen LogP contribution in [-0.4, -0.2) is 38.3 Å². The number of rotatable bonds is 6. The standard InChI is InChI=1S/C24H26N2O3S.ClH/c1-25(2)17-22-16-21-14-15-26(18-24(21)29-22)30(27,28)23-12-10-20(11-13-23)9-8-19-6-4-3-5-7-19;/h3-13,16H,14-15,17-18H2,1-2H3;1H/b9-8-;. The molecule has 1 aliphatic rings. The first-order valence-corrected chi connectivity index (χ1v) is 11.4. The Morgan fingerprint density at radius 2 is 1.65 bits per heavy atom. The van der Waals surface area contributed by atoms with E-state index in [-0.39, 0.29) is 19.0 Å². The lowest BCUT2D eigenvalue weighted by Crippen LogP contribution is -2.35. The van der Waals surface area contributed by atoms with Crippen molar-refractivity contribution < 1.29 is 12.8 Å². The number of hydrogen-bond donors (Lipinski definition) is 0. The van der Waals surface area contributed by atoms with Crippen molar-refractivity contribution in [3.05, 3.63) is 88.9 Å². The monoisotopic (exact) mass is 458 g/mol. The SMILES string of the molecule is CN(C)Cc1cc2c(o1)CN(S(=O)(=O)c1ccc(/C=C\c3ccccc3)cc1)CC2.Cl. The van der Waals surface area contributed by atoms with E-state index >= 15 is 0 Å². The fourth-order valence-corrected chi connectivity index (χ4v) is 5.01. The van der Waals surface area contributed by atoms with Gasteiger partial charge in [-0.05, 0) is 55.4 Å². The van der Waals surface area contributed by atoms with Gasteiger partial charge in [0.25, 0.3) is 0 Å². The molecule has 0 fully saturated rings. The van der Waals surface area contributed by atoms with Crippen molar-refractivity contribution >= 4 is 34.6 Å². The predicted molar refractivity (Wildman–Crippen MR) is 126 cm³/mol. The van der Waals surface area contributed by atoms with E-state index < -0.39 is 10.0 Å². The van der Waals surface area contributed by atoms with Crippen LogP contribution in [0.15, 0.2) is 70.0 Å². The maximum atomic E-state index is 13.1. The minimum Gasteiger partial charge on any atom is -0.463 e. The quantitative estimate of drug-likeness (QED) is 0.503. The van der Waals surface area contributed by atoms with E-state index in [9.17, 15) is 8.42 Å². The number of fused-ring (bicyclic) bond motifs is 1. The highest BCUT2D eigenvalue weighted by molar-refractivity contribution is 7.89. The van der Waals surface area contributed by atoms with Gasteiger partial charge in [-0.1, -0.05) is 54.6 Å². The Kier molecular flexibility index (Phi) is 7.38. The van der Waals surface area contributed by atoms with Crippen LogP contribution in [0.5, 0.6) is 0 Å². The third-order valence-electron chi connectivity index (χ3n) is 5.16. The molecule has 4 rings (SSSR count). The summed E-state index contributed by atoms with van der Waals surface area (Å²) < 4.78 is 33.7. The van der Waals surface area contributed by atoms with Crippen LogP contribution in [0, 0.1) is 0 Å². The van der Waals surface area contributed by atoms with Crippen molar-refractivity contribution in [3.63, 3.8) is 0 Å². The van der Waals surface area contributed by atoms with Crippen molar-refractivity contribution in [3.8, 4) is 0 Å². The second-order valence-corrected chi connectivity index (χ2v) is 9.74. The Morgan fingerprint density at radius 1 is 1.00 bits per heavy atom. The average Bonchev–Trinajstić information content (AvgIpc) is 3.14. The van der Waals surface area contributed by atoms with E-state index in [0.29, 0.717) is 24.4 Å². The number of furan rings is 1. The summed E-state index contributed by atoms with van der Waals surface area (Å²) in [5.41, 5.74) is 3.17. The number of hydrogen-bond acceptors (Lipinski definition) is 4. The van der Waals surface area contributed by atoms with Gasteiger partial charge in [-0.25, -0.2) is 8.42 Å². The average molecular weight is 459 g/mol. The van der Waals surface area contributed by atoms with Crippen molar-refractivity contribution in [2.24, 2.45) is 0 Å². The zero-order chi connectivity index (χ0) is 21.1. The Hall–Kier alpha value is -2.38. The maximum Gasteiger partial charge on any atom is 0.243 e. The van der Waals surface area contributed by atoms with E-state index in [1.165, 1.54) is 4.31 Å². The highest BCUT2D eigenvalue weighted by Crippen LogP contribution is 2.28. The summed E-state index contributed by atoms with van der Waals surface area (Å²) in [7, 11) is 0.403. The largest absolute Gasteiger partial charge is 0.463 e. The Bertz CT molecular complexity index is 1140. The molecule has 31 heavy (non-hydrogen) atoms. The molecule has 0 aliphatic carbocycles. The summed E-state index contributed by atoms with van der Waals surface area (Å²) >= 11 is 0. The van der Waals surface area contributed by atoms with Crippen LogP contribution in [0.2, 0.25) is 0 Å². The summed E-state index contributed by atoms with van der Waals surface area (Å²) in [4.78, 5) is 2.34. The van der Waals surface area contributed by atoms with Gasteiger partial charge in [-0.3, -0.25) is 0 Å². The molecule has 1 aromatic heterocycles. The van der Waals surface area contributed by atoms with Gasteiger partial charge < -0.3 is 9.32 Å². The minimum absolute atomic E-state index is 0. The van der Waals surface area contributed by atoms with Crippen LogP contribution < -0.4 is 0 Å². The van der Waals surface area contributed by atoms with Gasteiger partial charge in [0.2, 0.25) is 10.0 Å². The highest BCUT2D eigenvalue weighted by Gasteiger charge is 2.30. The molecule has 0 bridgehead atoms. The first-order valence-electron chi connectivity index (χ1n) is 10.0. The molecule has 0 N–H and O–H groups in total. The van der Waals surface area contributed by atoms with Crippen LogP contribution in [0.3, 0.4) is 0 Å². The lowest BCUT2D eigenvalue weighted by molar-refractivity contribution is 0.309. The number of halogens is 1. The van der Waals surface area contributed by atoms with E-state index in [1.807, 2.05) is 79.7 Å². The van der Waals surface area contributed by atoms with Crippen LogP contribution in [0.4, 0.5) is 0 Å². The molecule has 1 aliphatic heterocycles. The molecule has 7 heteroatoms. The molecule has 3 aromatic rings. The van der Waals surface area contributed by atoms with Gasteiger partial charge in [0, 0.05) is 6.54 Å². The van der Waals surface area contributed by atoms with Crippen LogP contribution >= 0.6 is 12.4 Å². The Labute approximate surface area is 190 Å². The van der Waals surface area contributed by atoms with Crippen molar-refractivity contribution in [2.45, 2.75) is 24.4 Å². The Morgan fingerprint density at radius 3 is 2.29 bits per heavy atom. The number of nitrogens with zero attached hydrogens (tertiary/aromatic N) is 2. The minimum atomic E-state index is -3.56. The molecule has 0 amide bonds. The molecule has 2 aromatic carbocycles. The van der Waals surface area contributed by atoms with Crippen LogP contribution in [-0.2, 0) is 29.5 Å². The fraction of sp³-hybridized carbons (Fsp3) is 0.250. The second kappa shape index (κ2) is 9.83. The molecule has 0 saturated carbocycles. The first-order chi connectivity index (χ1) is 14.4. The molecule has 0 unspecified atom stereocenters. The van der Waals surface area contributed by atoms with E-state index in [1.54, 1.807) is 12.1 Å². The van der Waals surface area contributed by atoms with Gasteiger partial charge in [-0.15, -0.1) is 12.4 Å². The lowest BCUT2D eigenvalue weighted by Gasteiger charge is -2.25. The van der Waals surface area contributed by atoms with Crippen molar-refractivity contribution in [2.75, 3.05) is 20.6 Å². The molecule has 164 valence electrons. The third-order valence-corrected chi connectivity index (χ3v) is 7.02. The molecule has 0 atom stereocenters. The summed E-state index contributed by atoms with van der Waals surface area (Å²) in [6, 6.07) is 19.1. The molecule has 0 radical (unpaired) electrons.